The van der Waals surface area contributed by atoms with Crippen molar-refractivity contribution in [2.75, 3.05) is 67.2 Å². The average molecular weight is 494 g/mol. The molecule has 0 fully saturated rings. The first kappa shape index (κ1) is 29.8. The van der Waals surface area contributed by atoms with Gasteiger partial charge in [0.15, 0.2) is 13.6 Å². The van der Waals surface area contributed by atoms with Crippen LogP contribution in [0.5, 0.6) is 0 Å². The SMILES string of the molecule is O=C(O)c1cc(COCCOCOCOCO)c(COCCOCOCOCO)c(C(=O)O)c1. The lowest BCUT2D eigenvalue weighted by atomic mass is 9.98. The van der Waals surface area contributed by atoms with Crippen molar-refractivity contribution in [1.82, 2.24) is 0 Å². The first-order valence-corrected chi connectivity index (χ1v) is 9.97. The van der Waals surface area contributed by atoms with E-state index < -0.39 is 25.5 Å². The first-order chi connectivity index (χ1) is 16.5. The lowest BCUT2D eigenvalue weighted by molar-refractivity contribution is -0.161. The summed E-state index contributed by atoms with van der Waals surface area (Å²) in [5.74, 6) is -2.58. The van der Waals surface area contributed by atoms with Crippen LogP contribution in [-0.4, -0.2) is 99.5 Å². The van der Waals surface area contributed by atoms with Gasteiger partial charge in [-0.05, 0) is 23.3 Å². The van der Waals surface area contributed by atoms with Crippen molar-refractivity contribution < 1.29 is 67.9 Å². The number of hydrogen-bond donors (Lipinski definition) is 4. The molecule has 4 N–H and O–H groups in total. The highest BCUT2D eigenvalue weighted by molar-refractivity contribution is 5.95. The number of aromatic carboxylic acids is 2. The molecule has 0 unspecified atom stereocenters. The van der Waals surface area contributed by atoms with Gasteiger partial charge >= 0.3 is 11.9 Å². The van der Waals surface area contributed by atoms with Gasteiger partial charge in [-0.25, -0.2) is 9.59 Å². The Bertz CT molecular complexity index is 711. The molecule has 0 amide bonds. The second kappa shape index (κ2) is 19.1. The lowest BCUT2D eigenvalue weighted by Crippen LogP contribution is -2.15. The van der Waals surface area contributed by atoms with Crippen molar-refractivity contribution in [3.8, 4) is 0 Å². The molecule has 0 aliphatic rings. The smallest absolute Gasteiger partial charge is 0.336 e. The number of aliphatic hydroxyl groups is 2. The second-order valence-corrected chi connectivity index (χ2v) is 6.24. The zero-order valence-corrected chi connectivity index (χ0v) is 18.5. The maximum absolute atomic E-state index is 11.7. The molecule has 0 aliphatic carbocycles. The molecule has 0 spiro atoms. The van der Waals surface area contributed by atoms with Gasteiger partial charge in [0.25, 0.3) is 0 Å². The van der Waals surface area contributed by atoms with Gasteiger partial charge in [-0.2, -0.15) is 0 Å². The summed E-state index contributed by atoms with van der Waals surface area (Å²) in [6.07, 6.45) is 0. The third kappa shape index (κ3) is 12.9. The van der Waals surface area contributed by atoms with Gasteiger partial charge in [0.05, 0.1) is 50.8 Å². The standard InChI is InChI=1S/C20H30O14/c21-9-31-13-33-11-29-3-1-27-7-16-5-15(19(23)24)6-17(20(25)26)18(16)8-28-2-4-30-12-34-14-32-10-22/h5-6,21-22H,1-4,7-14H2,(H,23,24)(H,25,26). The summed E-state index contributed by atoms with van der Waals surface area (Å²) >= 11 is 0. The summed E-state index contributed by atoms with van der Waals surface area (Å²) in [7, 11) is 0. The molecule has 1 rings (SSSR count). The van der Waals surface area contributed by atoms with Crippen LogP contribution in [-0.2, 0) is 51.1 Å². The van der Waals surface area contributed by atoms with Gasteiger partial charge in [0.1, 0.15) is 27.2 Å². The Morgan fingerprint density at radius 2 is 1.12 bits per heavy atom. The Hall–Kier alpha value is -2.24. The number of carboxylic acids is 2. The lowest BCUT2D eigenvalue weighted by Gasteiger charge is -2.15. The second-order valence-electron chi connectivity index (χ2n) is 6.24. The van der Waals surface area contributed by atoms with E-state index in [4.69, 9.17) is 38.6 Å². The maximum atomic E-state index is 11.7. The fraction of sp³-hybridized carbons (Fsp3) is 0.600. The summed E-state index contributed by atoms with van der Waals surface area (Å²) in [6, 6.07) is 2.39. The maximum Gasteiger partial charge on any atom is 0.336 e. The van der Waals surface area contributed by atoms with Crippen LogP contribution in [0.3, 0.4) is 0 Å². The fourth-order valence-corrected chi connectivity index (χ4v) is 2.43. The molecule has 0 aliphatic heterocycles. The predicted molar refractivity (Wildman–Crippen MR) is 110 cm³/mol. The molecular weight excluding hydrogens is 464 g/mol. The van der Waals surface area contributed by atoms with E-state index in [0.29, 0.717) is 5.56 Å². The van der Waals surface area contributed by atoms with Crippen molar-refractivity contribution in [1.29, 1.82) is 0 Å². The number of hydrogen-bond acceptors (Lipinski definition) is 12. The number of benzene rings is 1. The quantitative estimate of drug-likeness (QED) is 0.124. The van der Waals surface area contributed by atoms with Crippen molar-refractivity contribution >= 4 is 11.9 Å². The Kier molecular flexibility index (Phi) is 16.7. The third-order valence-electron chi connectivity index (χ3n) is 3.92. The largest absolute Gasteiger partial charge is 0.478 e. The van der Waals surface area contributed by atoms with Crippen LogP contribution in [0.4, 0.5) is 0 Å². The summed E-state index contributed by atoms with van der Waals surface area (Å²) in [5, 5.41) is 35.7. The Labute approximate surface area is 195 Å². The average Bonchev–Trinajstić information content (AvgIpc) is 2.81. The van der Waals surface area contributed by atoms with E-state index in [1.165, 1.54) is 6.07 Å². The van der Waals surface area contributed by atoms with E-state index in [9.17, 15) is 19.8 Å². The molecule has 194 valence electrons. The molecule has 14 nitrogen and oxygen atoms in total. The molecule has 0 aromatic heterocycles. The molecule has 0 saturated heterocycles. The molecule has 0 atom stereocenters. The van der Waals surface area contributed by atoms with Gasteiger partial charge in [-0.15, -0.1) is 0 Å². The van der Waals surface area contributed by atoms with Crippen molar-refractivity contribution in [3.63, 3.8) is 0 Å². The molecule has 0 heterocycles. The van der Waals surface area contributed by atoms with Gasteiger partial charge in [0.2, 0.25) is 0 Å². The van der Waals surface area contributed by atoms with E-state index in [0.717, 1.165) is 6.07 Å². The molecule has 0 radical (unpaired) electrons. The van der Waals surface area contributed by atoms with Crippen LogP contribution in [0.2, 0.25) is 0 Å². The van der Waals surface area contributed by atoms with E-state index in [1.54, 1.807) is 0 Å². The van der Waals surface area contributed by atoms with Gasteiger partial charge in [-0.1, -0.05) is 0 Å². The van der Waals surface area contributed by atoms with Gasteiger partial charge in [-0.3, -0.25) is 0 Å². The monoisotopic (exact) mass is 494 g/mol. The third-order valence-corrected chi connectivity index (χ3v) is 3.92. The van der Waals surface area contributed by atoms with E-state index in [-0.39, 0.29) is 83.5 Å². The highest BCUT2D eigenvalue weighted by Crippen LogP contribution is 2.21. The molecule has 14 heteroatoms. The van der Waals surface area contributed by atoms with E-state index in [1.807, 2.05) is 0 Å². The van der Waals surface area contributed by atoms with Crippen LogP contribution >= 0.6 is 0 Å². The van der Waals surface area contributed by atoms with Crippen LogP contribution < -0.4 is 0 Å². The van der Waals surface area contributed by atoms with Crippen molar-refractivity contribution in [3.05, 3.63) is 34.4 Å². The summed E-state index contributed by atoms with van der Waals surface area (Å²) in [5.41, 5.74) is 0.210. The summed E-state index contributed by atoms with van der Waals surface area (Å²) in [6.45, 7) is -1.03. The van der Waals surface area contributed by atoms with E-state index >= 15 is 0 Å². The number of carboxylic acid groups (broad SMARTS) is 2. The Balaban J connectivity index is 2.60. The summed E-state index contributed by atoms with van der Waals surface area (Å²) < 4.78 is 40.1. The van der Waals surface area contributed by atoms with Crippen molar-refractivity contribution in [2.24, 2.45) is 0 Å². The minimum Gasteiger partial charge on any atom is -0.478 e. The molecule has 0 saturated carbocycles. The molecule has 0 bridgehead atoms. The first-order valence-electron chi connectivity index (χ1n) is 9.97. The number of ether oxygens (including phenoxy) is 8. The number of carbonyl (C=O) groups is 2. The van der Waals surface area contributed by atoms with E-state index in [2.05, 4.69) is 9.47 Å². The molecular formula is C20H30O14. The van der Waals surface area contributed by atoms with Crippen molar-refractivity contribution in [2.45, 2.75) is 13.2 Å². The summed E-state index contributed by atoms with van der Waals surface area (Å²) in [4.78, 5) is 23.1. The van der Waals surface area contributed by atoms with Crippen LogP contribution in [0.1, 0.15) is 31.8 Å². The number of rotatable bonds is 22. The normalized spacial score (nSPS) is 11.1. The molecule has 1 aromatic rings. The highest BCUT2D eigenvalue weighted by atomic mass is 16.8. The Morgan fingerprint density at radius 3 is 1.62 bits per heavy atom. The fourth-order valence-electron chi connectivity index (χ4n) is 2.43. The van der Waals surface area contributed by atoms with Crippen LogP contribution in [0.15, 0.2) is 12.1 Å². The zero-order valence-electron chi connectivity index (χ0n) is 18.5. The highest BCUT2D eigenvalue weighted by Gasteiger charge is 2.19. The Morgan fingerprint density at radius 1 is 0.618 bits per heavy atom. The topological polar surface area (TPSA) is 189 Å². The molecule has 34 heavy (non-hydrogen) atoms. The zero-order chi connectivity index (χ0) is 25.0. The van der Waals surface area contributed by atoms with Crippen LogP contribution in [0, 0.1) is 0 Å². The molecule has 1 aromatic carbocycles. The minimum atomic E-state index is -1.30. The van der Waals surface area contributed by atoms with Gasteiger partial charge < -0.3 is 58.3 Å². The van der Waals surface area contributed by atoms with Gasteiger partial charge in [0, 0.05) is 0 Å². The van der Waals surface area contributed by atoms with Crippen LogP contribution in [0.25, 0.3) is 0 Å². The minimum absolute atomic E-state index is 0.0763. The predicted octanol–water partition coefficient (Wildman–Crippen LogP) is -0.0546. The number of aliphatic hydroxyl groups excluding tert-OH is 2.